The number of quaternary nitrogens is 1. The van der Waals surface area contributed by atoms with Crippen LogP contribution >= 0.6 is 7.82 Å². The van der Waals surface area contributed by atoms with Crippen molar-refractivity contribution in [2.24, 2.45) is 0 Å². The minimum Gasteiger partial charge on any atom is -0.756 e. The number of carbonyl (C=O) groups is 1. The third-order valence-corrected chi connectivity index (χ3v) is 11.0. The Morgan fingerprint density at radius 2 is 1.00 bits per heavy atom. The molecule has 0 aliphatic rings. The number of aliphatic hydroxyl groups excluding tert-OH is 1. The predicted octanol–water partition coefficient (Wildman–Crippen LogP) is 12.2. The number of allylic oxidation sites excluding steroid dienone is 7. The Morgan fingerprint density at radius 1 is 0.607 bits per heavy atom. The van der Waals surface area contributed by atoms with Crippen molar-refractivity contribution in [1.82, 2.24) is 5.32 Å². The van der Waals surface area contributed by atoms with Crippen LogP contribution in [0.3, 0.4) is 0 Å². The topological polar surface area (TPSA) is 108 Å². The summed E-state index contributed by atoms with van der Waals surface area (Å²) in [6, 6.07) is -0.911. The molecule has 56 heavy (non-hydrogen) atoms. The summed E-state index contributed by atoms with van der Waals surface area (Å²) in [5.41, 5.74) is 0. The van der Waals surface area contributed by atoms with E-state index >= 15 is 0 Å². The van der Waals surface area contributed by atoms with Crippen molar-refractivity contribution in [3.63, 3.8) is 0 Å². The van der Waals surface area contributed by atoms with E-state index in [4.69, 9.17) is 9.05 Å². The number of phosphoric acid groups is 1. The van der Waals surface area contributed by atoms with Gasteiger partial charge in [0.25, 0.3) is 7.82 Å². The number of amides is 1. The molecular formula is C47H89N2O6P. The van der Waals surface area contributed by atoms with Crippen LogP contribution in [-0.2, 0) is 18.4 Å². The number of hydrogen-bond acceptors (Lipinski definition) is 6. The minimum absolute atomic E-state index is 0.0107. The second-order valence-corrected chi connectivity index (χ2v) is 18.1. The maximum Gasteiger partial charge on any atom is 0.268 e. The van der Waals surface area contributed by atoms with Gasteiger partial charge in [-0.25, -0.2) is 0 Å². The smallest absolute Gasteiger partial charge is 0.268 e. The number of likely N-dealkylation sites (N-methyl/N-ethyl adjacent to an activating group) is 1. The highest BCUT2D eigenvalue weighted by Gasteiger charge is 2.23. The first-order chi connectivity index (χ1) is 27.0. The molecule has 0 spiro atoms. The Hall–Kier alpha value is -1.54. The van der Waals surface area contributed by atoms with Crippen LogP contribution in [0.2, 0.25) is 0 Å². The third-order valence-electron chi connectivity index (χ3n) is 9.99. The zero-order chi connectivity index (χ0) is 41.4. The Morgan fingerprint density at radius 3 is 1.45 bits per heavy atom. The number of nitrogens with zero attached hydrogens (tertiary/aromatic N) is 1. The molecule has 0 radical (unpaired) electrons. The van der Waals surface area contributed by atoms with Crippen LogP contribution in [0.4, 0.5) is 0 Å². The zero-order valence-corrected chi connectivity index (χ0v) is 38.0. The second-order valence-electron chi connectivity index (χ2n) is 16.7. The quantitative estimate of drug-likeness (QED) is 0.0276. The Labute approximate surface area is 346 Å². The third kappa shape index (κ3) is 40.6. The van der Waals surface area contributed by atoms with Crippen molar-refractivity contribution < 1.29 is 32.9 Å². The maximum atomic E-state index is 12.9. The molecule has 8 nitrogen and oxygen atoms in total. The summed E-state index contributed by atoms with van der Waals surface area (Å²) < 4.78 is 23.2. The number of rotatable bonds is 41. The van der Waals surface area contributed by atoms with E-state index in [9.17, 15) is 19.4 Å². The largest absolute Gasteiger partial charge is 0.756 e. The van der Waals surface area contributed by atoms with Gasteiger partial charge in [0.05, 0.1) is 39.9 Å². The van der Waals surface area contributed by atoms with Crippen LogP contribution in [0.5, 0.6) is 0 Å². The Balaban J connectivity index is 4.49. The summed E-state index contributed by atoms with van der Waals surface area (Å²) in [7, 11) is 1.23. The summed E-state index contributed by atoms with van der Waals surface area (Å²) in [5.74, 6) is -0.218. The lowest BCUT2D eigenvalue weighted by molar-refractivity contribution is -0.870. The molecule has 0 heterocycles. The molecule has 0 aromatic carbocycles. The molecule has 0 aromatic rings. The number of nitrogens with one attached hydrogen (secondary N) is 1. The molecule has 0 saturated carbocycles. The van der Waals surface area contributed by atoms with Crippen molar-refractivity contribution in [1.29, 1.82) is 0 Å². The summed E-state index contributed by atoms with van der Waals surface area (Å²) in [5, 5.41) is 13.8. The van der Waals surface area contributed by atoms with Gasteiger partial charge in [-0.1, -0.05) is 165 Å². The van der Waals surface area contributed by atoms with Gasteiger partial charge in [-0.3, -0.25) is 9.36 Å². The van der Waals surface area contributed by atoms with Crippen LogP contribution in [0.15, 0.2) is 48.6 Å². The van der Waals surface area contributed by atoms with Crippen molar-refractivity contribution in [3.05, 3.63) is 48.6 Å². The van der Waals surface area contributed by atoms with E-state index in [2.05, 4.69) is 55.6 Å². The van der Waals surface area contributed by atoms with Gasteiger partial charge in [-0.2, -0.15) is 0 Å². The Bertz CT molecular complexity index is 1050. The van der Waals surface area contributed by atoms with Crippen LogP contribution < -0.4 is 10.2 Å². The first-order valence-corrected chi connectivity index (χ1v) is 24.5. The van der Waals surface area contributed by atoms with Crippen molar-refractivity contribution >= 4 is 13.7 Å². The summed E-state index contributed by atoms with van der Waals surface area (Å²) in [6.45, 7) is 4.60. The molecule has 0 fully saturated rings. The lowest BCUT2D eigenvalue weighted by Crippen LogP contribution is -2.45. The van der Waals surface area contributed by atoms with E-state index in [0.29, 0.717) is 17.4 Å². The molecular weight excluding hydrogens is 719 g/mol. The first-order valence-electron chi connectivity index (χ1n) is 23.0. The molecule has 328 valence electrons. The number of aliphatic hydroxyl groups is 1. The summed E-state index contributed by atoms with van der Waals surface area (Å²) in [4.78, 5) is 25.3. The average molecular weight is 809 g/mol. The van der Waals surface area contributed by atoms with E-state index in [0.717, 1.165) is 44.9 Å². The van der Waals surface area contributed by atoms with Crippen molar-refractivity contribution in [2.45, 2.75) is 206 Å². The maximum absolute atomic E-state index is 12.9. The fraction of sp³-hybridized carbons (Fsp3) is 0.809. The highest BCUT2D eigenvalue weighted by atomic mass is 31.2. The van der Waals surface area contributed by atoms with Gasteiger partial charge < -0.3 is 28.8 Å². The molecule has 0 aliphatic heterocycles. The molecule has 3 unspecified atom stereocenters. The molecule has 1 amide bonds. The van der Waals surface area contributed by atoms with E-state index in [1.165, 1.54) is 128 Å². The molecule has 0 bridgehead atoms. The molecule has 0 aromatic heterocycles. The van der Waals surface area contributed by atoms with Gasteiger partial charge in [0, 0.05) is 6.42 Å². The molecule has 0 aliphatic carbocycles. The highest BCUT2D eigenvalue weighted by Crippen LogP contribution is 2.38. The van der Waals surface area contributed by atoms with Gasteiger partial charge in [0.2, 0.25) is 5.91 Å². The number of carbonyl (C=O) groups excluding carboxylic acids is 1. The molecule has 3 atom stereocenters. The van der Waals surface area contributed by atoms with E-state index in [-0.39, 0.29) is 12.5 Å². The van der Waals surface area contributed by atoms with Gasteiger partial charge in [0.15, 0.2) is 0 Å². The fourth-order valence-corrected chi connectivity index (χ4v) is 7.02. The SMILES string of the molecule is CCCCCCCC/C=C\CCCCCCCCCC(=O)NC(COP(=O)([O-])OCC[N+](C)(C)C)C(O)/C=C/CC/C=C/CC/C=C/CCCCCCCCC. The van der Waals surface area contributed by atoms with E-state index in [1.807, 2.05) is 27.2 Å². The number of phosphoric ester groups is 1. The monoisotopic (exact) mass is 809 g/mol. The second kappa shape index (κ2) is 38.9. The molecule has 0 rings (SSSR count). The molecule has 9 heteroatoms. The van der Waals surface area contributed by atoms with Crippen LogP contribution in [0.1, 0.15) is 194 Å². The van der Waals surface area contributed by atoms with Gasteiger partial charge in [0.1, 0.15) is 13.2 Å². The normalized spacial score (nSPS) is 14.8. The fourth-order valence-electron chi connectivity index (χ4n) is 6.30. The molecule has 2 N–H and O–H groups in total. The molecule has 0 saturated heterocycles. The summed E-state index contributed by atoms with van der Waals surface area (Å²) in [6.07, 6.45) is 48.7. The zero-order valence-electron chi connectivity index (χ0n) is 37.1. The highest BCUT2D eigenvalue weighted by molar-refractivity contribution is 7.45. The minimum atomic E-state index is -4.60. The van der Waals surface area contributed by atoms with E-state index < -0.39 is 26.6 Å². The van der Waals surface area contributed by atoms with Crippen LogP contribution in [0.25, 0.3) is 0 Å². The van der Waals surface area contributed by atoms with Gasteiger partial charge in [-0.05, 0) is 70.6 Å². The van der Waals surface area contributed by atoms with Crippen molar-refractivity contribution in [2.75, 3.05) is 40.9 Å². The number of unbranched alkanes of at least 4 members (excludes halogenated alkanes) is 22. The van der Waals surface area contributed by atoms with Crippen molar-refractivity contribution in [3.8, 4) is 0 Å². The summed E-state index contributed by atoms with van der Waals surface area (Å²) >= 11 is 0. The van der Waals surface area contributed by atoms with Gasteiger partial charge >= 0.3 is 0 Å². The predicted molar refractivity (Wildman–Crippen MR) is 238 cm³/mol. The first kappa shape index (κ1) is 54.5. The lowest BCUT2D eigenvalue weighted by atomic mass is 10.1. The lowest BCUT2D eigenvalue weighted by Gasteiger charge is -2.29. The standard InChI is InChI=1S/C47H89N2O6P/c1-6-8-10-12-14-16-18-20-22-24-26-28-30-32-34-36-38-40-46(50)45(44-55-56(52,53)54-43-42-49(3,4)5)48-47(51)41-39-37-35-33-31-29-27-25-23-21-19-17-15-13-11-9-7-2/h21-24,30,32,38,40,45-46,50H,6-20,25-29,31,33-37,39,41-44H2,1-5H3,(H-,48,51,52,53)/b23-21-,24-22+,32-30+,40-38+. The van der Waals surface area contributed by atoms with E-state index in [1.54, 1.807) is 6.08 Å². The van der Waals surface area contributed by atoms with Crippen LogP contribution in [-0.4, -0.2) is 68.5 Å². The van der Waals surface area contributed by atoms with Crippen LogP contribution in [0, 0.1) is 0 Å². The van der Waals surface area contributed by atoms with Gasteiger partial charge in [-0.15, -0.1) is 0 Å². The Kier molecular flexibility index (Phi) is 37.9. The number of hydrogen-bond donors (Lipinski definition) is 2. The average Bonchev–Trinajstić information content (AvgIpc) is 3.15.